The van der Waals surface area contributed by atoms with Gasteiger partial charge in [-0.05, 0) is 0 Å². The van der Waals surface area contributed by atoms with Gasteiger partial charge in [0.15, 0.2) is 0 Å². The fourth-order valence-electron chi connectivity index (χ4n) is 0.807. The van der Waals surface area contributed by atoms with E-state index < -0.39 is 30.8 Å². The second-order valence-corrected chi connectivity index (χ2v) is 2.63. The molecule has 0 fully saturated rings. The lowest BCUT2D eigenvalue weighted by molar-refractivity contribution is -0.142. The topological polar surface area (TPSA) is 57.6 Å². The summed E-state index contributed by atoms with van der Waals surface area (Å²) in [4.78, 5) is 21.6. The van der Waals surface area contributed by atoms with Crippen LogP contribution in [-0.4, -0.2) is 41.4 Å². The molecule has 0 saturated carbocycles. The van der Waals surface area contributed by atoms with Crippen LogP contribution in [0.15, 0.2) is 0 Å². The third-order valence-electron chi connectivity index (χ3n) is 1.67. The minimum atomic E-state index is -2.84. The Bertz CT molecular complexity index is 208. The SMILES string of the molecule is CC(=O)N(C)C(CC(=O)O)C(F)F. The zero-order valence-electron chi connectivity index (χ0n) is 7.33. The maximum atomic E-state index is 12.2. The fourth-order valence-corrected chi connectivity index (χ4v) is 0.807. The highest BCUT2D eigenvalue weighted by molar-refractivity contribution is 5.75. The molecule has 0 saturated heterocycles. The maximum absolute atomic E-state index is 12.2. The molecule has 0 aliphatic rings. The molecule has 4 nitrogen and oxygen atoms in total. The van der Waals surface area contributed by atoms with E-state index in [4.69, 9.17) is 5.11 Å². The maximum Gasteiger partial charge on any atom is 0.305 e. The Morgan fingerprint density at radius 2 is 1.92 bits per heavy atom. The monoisotopic (exact) mass is 195 g/mol. The van der Waals surface area contributed by atoms with Gasteiger partial charge in [-0.2, -0.15) is 0 Å². The van der Waals surface area contributed by atoms with Crippen molar-refractivity contribution in [2.75, 3.05) is 7.05 Å². The van der Waals surface area contributed by atoms with Gasteiger partial charge in [-0.25, -0.2) is 8.78 Å². The summed E-state index contributed by atoms with van der Waals surface area (Å²) in [5, 5.41) is 8.29. The number of alkyl halides is 2. The van der Waals surface area contributed by atoms with Crippen molar-refractivity contribution < 1.29 is 23.5 Å². The van der Waals surface area contributed by atoms with Crippen LogP contribution >= 0.6 is 0 Å². The second-order valence-electron chi connectivity index (χ2n) is 2.63. The van der Waals surface area contributed by atoms with Gasteiger partial charge in [0.1, 0.15) is 6.04 Å². The number of nitrogens with zero attached hydrogens (tertiary/aromatic N) is 1. The average molecular weight is 195 g/mol. The van der Waals surface area contributed by atoms with E-state index in [1.54, 1.807) is 0 Å². The van der Waals surface area contributed by atoms with Gasteiger partial charge >= 0.3 is 5.97 Å². The predicted octanol–water partition coefficient (Wildman–Crippen LogP) is 0.573. The zero-order valence-corrected chi connectivity index (χ0v) is 7.33. The van der Waals surface area contributed by atoms with Crippen molar-refractivity contribution in [1.82, 2.24) is 4.90 Å². The molecular weight excluding hydrogens is 184 g/mol. The number of carboxylic acids is 1. The zero-order chi connectivity index (χ0) is 10.6. The van der Waals surface area contributed by atoms with Gasteiger partial charge in [-0.15, -0.1) is 0 Å². The van der Waals surface area contributed by atoms with Gasteiger partial charge in [-0.3, -0.25) is 9.59 Å². The first-order valence-electron chi connectivity index (χ1n) is 3.59. The van der Waals surface area contributed by atoms with Crippen molar-refractivity contribution in [3.05, 3.63) is 0 Å². The van der Waals surface area contributed by atoms with Crippen LogP contribution in [0.5, 0.6) is 0 Å². The first-order chi connectivity index (χ1) is 5.86. The lowest BCUT2D eigenvalue weighted by Gasteiger charge is -2.24. The summed E-state index contributed by atoms with van der Waals surface area (Å²) >= 11 is 0. The van der Waals surface area contributed by atoms with Crippen LogP contribution < -0.4 is 0 Å². The molecule has 0 aromatic carbocycles. The fraction of sp³-hybridized carbons (Fsp3) is 0.714. The van der Waals surface area contributed by atoms with Crippen LogP contribution in [0.3, 0.4) is 0 Å². The molecule has 1 N–H and O–H groups in total. The Kier molecular flexibility index (Phi) is 4.30. The molecule has 0 radical (unpaired) electrons. The molecular formula is C7H11F2NO3. The molecule has 0 rings (SSSR count). The van der Waals surface area contributed by atoms with Crippen molar-refractivity contribution in [3.8, 4) is 0 Å². The molecule has 0 aliphatic heterocycles. The molecule has 1 atom stereocenters. The highest BCUT2D eigenvalue weighted by Crippen LogP contribution is 2.12. The summed E-state index contributed by atoms with van der Waals surface area (Å²) in [6.45, 7) is 1.11. The minimum Gasteiger partial charge on any atom is -0.481 e. The smallest absolute Gasteiger partial charge is 0.305 e. The quantitative estimate of drug-likeness (QED) is 0.713. The van der Waals surface area contributed by atoms with Gasteiger partial charge < -0.3 is 10.0 Å². The summed E-state index contributed by atoms with van der Waals surface area (Å²) in [6.07, 6.45) is -3.58. The molecule has 6 heteroatoms. The second kappa shape index (κ2) is 4.74. The molecule has 0 spiro atoms. The Balaban J connectivity index is 4.41. The number of amides is 1. The van der Waals surface area contributed by atoms with Crippen LogP contribution in [0.4, 0.5) is 8.78 Å². The largest absolute Gasteiger partial charge is 0.481 e. The number of carbonyl (C=O) groups is 2. The van der Waals surface area contributed by atoms with E-state index in [0.29, 0.717) is 0 Å². The number of halogens is 2. The Morgan fingerprint density at radius 1 is 1.46 bits per heavy atom. The summed E-state index contributed by atoms with van der Waals surface area (Å²) in [5.74, 6) is -1.93. The number of hydrogen-bond donors (Lipinski definition) is 1. The molecule has 0 heterocycles. The van der Waals surface area contributed by atoms with Crippen molar-refractivity contribution in [3.63, 3.8) is 0 Å². The summed E-state index contributed by atoms with van der Waals surface area (Å²) in [6, 6.07) is -1.55. The molecule has 1 amide bonds. The highest BCUT2D eigenvalue weighted by atomic mass is 19.3. The highest BCUT2D eigenvalue weighted by Gasteiger charge is 2.28. The van der Waals surface area contributed by atoms with Gasteiger partial charge in [0.2, 0.25) is 5.91 Å². The van der Waals surface area contributed by atoms with E-state index in [1.807, 2.05) is 0 Å². The van der Waals surface area contributed by atoms with Crippen LogP contribution in [0, 0.1) is 0 Å². The van der Waals surface area contributed by atoms with Crippen LogP contribution in [0.2, 0.25) is 0 Å². The van der Waals surface area contributed by atoms with Crippen molar-refractivity contribution in [2.24, 2.45) is 0 Å². The van der Waals surface area contributed by atoms with Gasteiger partial charge in [0.25, 0.3) is 6.43 Å². The van der Waals surface area contributed by atoms with Gasteiger partial charge in [0, 0.05) is 14.0 Å². The van der Waals surface area contributed by atoms with E-state index in [-0.39, 0.29) is 0 Å². The van der Waals surface area contributed by atoms with Gasteiger partial charge in [0.05, 0.1) is 6.42 Å². The number of carboxylic acid groups (broad SMARTS) is 1. The van der Waals surface area contributed by atoms with Crippen LogP contribution in [0.25, 0.3) is 0 Å². The standard InChI is InChI=1S/C7H11F2NO3/c1-4(11)10(2)5(7(8)9)3-6(12)13/h5,7H,3H2,1-2H3,(H,12,13). The lowest BCUT2D eigenvalue weighted by Crippen LogP contribution is -2.41. The van der Waals surface area contributed by atoms with Crippen molar-refractivity contribution in [2.45, 2.75) is 25.8 Å². The lowest BCUT2D eigenvalue weighted by atomic mass is 10.2. The van der Waals surface area contributed by atoms with E-state index in [9.17, 15) is 18.4 Å². The van der Waals surface area contributed by atoms with Crippen molar-refractivity contribution in [1.29, 1.82) is 0 Å². The van der Waals surface area contributed by atoms with E-state index in [1.165, 1.54) is 0 Å². The van der Waals surface area contributed by atoms with Gasteiger partial charge in [-0.1, -0.05) is 0 Å². The number of carbonyl (C=O) groups excluding carboxylic acids is 1. The first-order valence-corrected chi connectivity index (χ1v) is 3.59. The summed E-state index contributed by atoms with van der Waals surface area (Å²) in [5.41, 5.74) is 0. The number of aliphatic carboxylic acids is 1. The van der Waals surface area contributed by atoms with E-state index in [2.05, 4.69) is 0 Å². The predicted molar refractivity (Wildman–Crippen MR) is 40.5 cm³/mol. The number of rotatable bonds is 4. The Labute approximate surface area is 74.1 Å². The molecule has 76 valence electrons. The molecule has 0 aromatic rings. The summed E-state index contributed by atoms with van der Waals surface area (Å²) < 4.78 is 24.4. The third-order valence-corrected chi connectivity index (χ3v) is 1.67. The molecule has 0 aliphatic carbocycles. The van der Waals surface area contributed by atoms with Crippen LogP contribution in [0.1, 0.15) is 13.3 Å². The van der Waals surface area contributed by atoms with Crippen molar-refractivity contribution >= 4 is 11.9 Å². The molecule has 0 aromatic heterocycles. The third kappa shape index (κ3) is 3.82. The molecule has 13 heavy (non-hydrogen) atoms. The Hall–Kier alpha value is -1.20. The minimum absolute atomic E-state index is 0.577. The molecule has 0 bridgehead atoms. The van der Waals surface area contributed by atoms with E-state index >= 15 is 0 Å². The first kappa shape index (κ1) is 11.8. The normalized spacial score (nSPS) is 12.7. The number of hydrogen-bond acceptors (Lipinski definition) is 2. The van der Waals surface area contributed by atoms with Crippen LogP contribution in [-0.2, 0) is 9.59 Å². The molecule has 1 unspecified atom stereocenters. The summed E-state index contributed by atoms with van der Waals surface area (Å²) in [7, 11) is 1.15. The Morgan fingerprint density at radius 3 is 2.15 bits per heavy atom. The van der Waals surface area contributed by atoms with E-state index in [0.717, 1.165) is 18.9 Å². The average Bonchev–Trinajstić information content (AvgIpc) is 1.97.